The van der Waals surface area contributed by atoms with Crippen molar-refractivity contribution >= 4 is 11.6 Å². The van der Waals surface area contributed by atoms with Crippen LogP contribution in [0.3, 0.4) is 0 Å². The molecule has 0 aromatic rings. The topological polar surface area (TPSA) is 3.24 Å². The molecule has 1 heterocycles. The largest absolute Gasteiger partial charge is 0.297 e. The van der Waals surface area contributed by atoms with Gasteiger partial charge in [-0.25, -0.2) is 0 Å². The molecule has 1 nitrogen and oxygen atoms in total. The molecule has 0 aromatic carbocycles. The first kappa shape index (κ1) is 13.2. The molecule has 1 saturated heterocycles. The van der Waals surface area contributed by atoms with Crippen molar-refractivity contribution < 1.29 is 0 Å². The maximum Gasteiger partial charge on any atom is 0.0336 e. The van der Waals surface area contributed by atoms with Crippen LogP contribution in [0.5, 0.6) is 0 Å². The average Bonchev–Trinajstić information content (AvgIpc) is 2.69. The van der Waals surface area contributed by atoms with E-state index in [1.54, 1.807) is 0 Å². The molecule has 0 spiro atoms. The number of hydrogen-bond donors (Lipinski definition) is 0. The molecule has 3 rings (SSSR count). The van der Waals surface area contributed by atoms with Gasteiger partial charge in [-0.15, -0.1) is 11.6 Å². The summed E-state index contributed by atoms with van der Waals surface area (Å²) >= 11 is 6.22. The molecule has 3 fully saturated rings. The van der Waals surface area contributed by atoms with E-state index in [-0.39, 0.29) is 0 Å². The minimum Gasteiger partial charge on any atom is -0.297 e. The van der Waals surface area contributed by atoms with E-state index in [0.717, 1.165) is 23.9 Å². The molecule has 18 heavy (non-hydrogen) atoms. The first-order valence-electron chi connectivity index (χ1n) is 8.14. The Morgan fingerprint density at radius 1 is 1.00 bits per heavy atom. The van der Waals surface area contributed by atoms with Crippen molar-refractivity contribution in [1.82, 2.24) is 4.90 Å². The maximum absolute atomic E-state index is 6.22. The quantitative estimate of drug-likeness (QED) is 0.670. The first-order valence-corrected chi connectivity index (χ1v) is 8.57. The molecular weight excluding hydrogens is 242 g/mol. The summed E-state index contributed by atoms with van der Waals surface area (Å²) in [4.78, 5) is 2.88. The van der Waals surface area contributed by atoms with Gasteiger partial charge in [-0.2, -0.15) is 0 Å². The van der Waals surface area contributed by atoms with E-state index in [1.807, 2.05) is 0 Å². The smallest absolute Gasteiger partial charge is 0.0336 e. The third kappa shape index (κ3) is 2.72. The average molecular weight is 270 g/mol. The number of likely N-dealkylation sites (tertiary alicyclic amines) is 1. The SMILES string of the molecule is CC1CC2CCCCC2N1CC1CCC(Cl)CC1. The number of alkyl halides is 1. The number of hydrogen-bond acceptors (Lipinski definition) is 1. The Labute approximate surface area is 117 Å². The third-order valence-electron chi connectivity index (χ3n) is 5.75. The molecule has 1 aliphatic heterocycles. The molecule has 3 unspecified atom stereocenters. The molecule has 0 amide bonds. The molecule has 0 radical (unpaired) electrons. The Balaban J connectivity index is 1.57. The van der Waals surface area contributed by atoms with E-state index in [9.17, 15) is 0 Å². The Bertz CT molecular complexity index is 272. The standard InChI is InChI=1S/C16H28ClN/c1-12-10-14-4-2-3-5-16(14)18(12)11-13-6-8-15(17)9-7-13/h12-16H,2-11H2,1H3. The van der Waals surface area contributed by atoms with Gasteiger partial charge in [0.25, 0.3) is 0 Å². The van der Waals surface area contributed by atoms with E-state index in [2.05, 4.69) is 11.8 Å². The van der Waals surface area contributed by atoms with E-state index in [1.165, 1.54) is 64.3 Å². The van der Waals surface area contributed by atoms with Gasteiger partial charge in [-0.1, -0.05) is 12.8 Å². The zero-order chi connectivity index (χ0) is 12.5. The van der Waals surface area contributed by atoms with Crippen molar-refractivity contribution in [3.63, 3.8) is 0 Å². The predicted octanol–water partition coefficient (Wildman–Crippen LogP) is 4.44. The highest BCUT2D eigenvalue weighted by molar-refractivity contribution is 6.20. The van der Waals surface area contributed by atoms with Crippen LogP contribution in [0.4, 0.5) is 0 Å². The molecule has 0 bridgehead atoms. The lowest BCUT2D eigenvalue weighted by molar-refractivity contribution is 0.121. The van der Waals surface area contributed by atoms with Crippen molar-refractivity contribution in [2.24, 2.45) is 11.8 Å². The van der Waals surface area contributed by atoms with Gasteiger partial charge in [0.2, 0.25) is 0 Å². The summed E-state index contributed by atoms with van der Waals surface area (Å²) in [7, 11) is 0. The van der Waals surface area contributed by atoms with Gasteiger partial charge in [-0.3, -0.25) is 4.90 Å². The summed E-state index contributed by atoms with van der Waals surface area (Å²) in [6.07, 6.45) is 12.6. The molecular formula is C16H28ClN. The summed E-state index contributed by atoms with van der Waals surface area (Å²) in [5, 5.41) is 0.472. The van der Waals surface area contributed by atoms with Crippen LogP contribution >= 0.6 is 11.6 Å². The fourth-order valence-corrected chi connectivity index (χ4v) is 4.97. The van der Waals surface area contributed by atoms with Gasteiger partial charge in [0, 0.05) is 24.0 Å². The van der Waals surface area contributed by atoms with Crippen LogP contribution in [0.15, 0.2) is 0 Å². The Kier molecular flexibility index (Phi) is 4.20. The van der Waals surface area contributed by atoms with Crippen LogP contribution in [0.2, 0.25) is 0 Å². The van der Waals surface area contributed by atoms with Gasteiger partial charge in [0.05, 0.1) is 0 Å². The monoisotopic (exact) mass is 269 g/mol. The zero-order valence-electron chi connectivity index (χ0n) is 11.8. The summed E-state index contributed by atoms with van der Waals surface area (Å²) < 4.78 is 0. The molecule has 2 saturated carbocycles. The van der Waals surface area contributed by atoms with Gasteiger partial charge in [-0.05, 0) is 63.7 Å². The summed E-state index contributed by atoms with van der Waals surface area (Å²) in [5.74, 6) is 1.96. The second-order valence-electron chi connectivity index (χ2n) is 7.01. The molecule has 0 aromatic heterocycles. The lowest BCUT2D eigenvalue weighted by Crippen LogP contribution is -2.41. The molecule has 2 aliphatic carbocycles. The zero-order valence-corrected chi connectivity index (χ0v) is 12.5. The predicted molar refractivity (Wildman–Crippen MR) is 78.1 cm³/mol. The number of rotatable bonds is 2. The van der Waals surface area contributed by atoms with Gasteiger partial charge >= 0.3 is 0 Å². The highest BCUT2D eigenvalue weighted by Crippen LogP contribution is 2.41. The van der Waals surface area contributed by atoms with Gasteiger partial charge < -0.3 is 0 Å². The van der Waals surface area contributed by atoms with Crippen molar-refractivity contribution in [3.8, 4) is 0 Å². The minimum atomic E-state index is 0.472. The lowest BCUT2D eigenvalue weighted by atomic mass is 9.84. The number of nitrogens with zero attached hydrogens (tertiary/aromatic N) is 1. The highest BCUT2D eigenvalue weighted by Gasteiger charge is 2.40. The van der Waals surface area contributed by atoms with E-state index >= 15 is 0 Å². The third-order valence-corrected chi connectivity index (χ3v) is 6.19. The fraction of sp³-hybridized carbons (Fsp3) is 1.00. The first-order chi connectivity index (χ1) is 8.74. The van der Waals surface area contributed by atoms with Crippen LogP contribution in [0.25, 0.3) is 0 Å². The summed E-state index contributed by atoms with van der Waals surface area (Å²) in [6.45, 7) is 3.83. The maximum atomic E-state index is 6.22. The molecule has 3 aliphatic rings. The second-order valence-corrected chi connectivity index (χ2v) is 7.63. The van der Waals surface area contributed by atoms with Crippen molar-refractivity contribution in [1.29, 1.82) is 0 Å². The van der Waals surface area contributed by atoms with Gasteiger partial charge in [0.1, 0.15) is 0 Å². The molecule has 3 atom stereocenters. The minimum absolute atomic E-state index is 0.472. The van der Waals surface area contributed by atoms with Crippen molar-refractivity contribution in [2.45, 2.75) is 82.2 Å². The Morgan fingerprint density at radius 3 is 2.50 bits per heavy atom. The van der Waals surface area contributed by atoms with E-state index in [4.69, 9.17) is 11.6 Å². The van der Waals surface area contributed by atoms with Crippen LogP contribution in [0, 0.1) is 11.8 Å². The molecule has 2 heteroatoms. The molecule has 0 N–H and O–H groups in total. The summed E-state index contributed by atoms with van der Waals surface area (Å²) in [6, 6.07) is 1.77. The highest BCUT2D eigenvalue weighted by atomic mass is 35.5. The lowest BCUT2D eigenvalue weighted by Gasteiger charge is -2.37. The van der Waals surface area contributed by atoms with E-state index in [0.29, 0.717) is 5.38 Å². The Morgan fingerprint density at radius 2 is 1.72 bits per heavy atom. The summed E-state index contributed by atoms with van der Waals surface area (Å²) in [5.41, 5.74) is 0. The fourth-order valence-electron chi connectivity index (χ4n) is 4.72. The van der Waals surface area contributed by atoms with Crippen LogP contribution < -0.4 is 0 Å². The van der Waals surface area contributed by atoms with Crippen LogP contribution in [-0.4, -0.2) is 28.9 Å². The second kappa shape index (κ2) is 5.71. The number of halogens is 1. The van der Waals surface area contributed by atoms with Gasteiger partial charge in [0.15, 0.2) is 0 Å². The Hall–Kier alpha value is 0.250. The van der Waals surface area contributed by atoms with Crippen molar-refractivity contribution in [3.05, 3.63) is 0 Å². The van der Waals surface area contributed by atoms with E-state index < -0.39 is 0 Å². The van der Waals surface area contributed by atoms with Crippen molar-refractivity contribution in [2.75, 3.05) is 6.54 Å². The number of fused-ring (bicyclic) bond motifs is 1. The van der Waals surface area contributed by atoms with Crippen LogP contribution in [-0.2, 0) is 0 Å². The normalized spacial score (nSPS) is 46.0. The molecule has 104 valence electrons. The van der Waals surface area contributed by atoms with Crippen LogP contribution in [0.1, 0.15) is 64.7 Å².